The number of hydrogen-bond donors (Lipinski definition) is 2. The van der Waals surface area contributed by atoms with E-state index in [0.717, 1.165) is 12.8 Å². The van der Waals surface area contributed by atoms with Gasteiger partial charge >= 0.3 is 0 Å². The molecule has 0 aliphatic rings. The third-order valence-corrected chi connectivity index (χ3v) is 4.53. The smallest absolute Gasteiger partial charge is 0.0731 e. The number of allylic oxidation sites excluding steroid dienone is 1. The van der Waals surface area contributed by atoms with E-state index >= 15 is 0 Å². The lowest BCUT2D eigenvalue weighted by Gasteiger charge is -2.13. The van der Waals surface area contributed by atoms with Gasteiger partial charge in [0.05, 0.1) is 9.83 Å². The van der Waals surface area contributed by atoms with Gasteiger partial charge in [0.15, 0.2) is 0 Å². The molecule has 0 bridgehead atoms. The van der Waals surface area contributed by atoms with Crippen LogP contribution in [0, 0.1) is 6.92 Å². The first-order valence-corrected chi connectivity index (χ1v) is 6.52. The molecule has 1 aromatic rings. The van der Waals surface area contributed by atoms with Gasteiger partial charge in [0, 0.05) is 4.88 Å². The fourth-order valence-electron chi connectivity index (χ4n) is 1.35. The van der Waals surface area contributed by atoms with E-state index in [0.29, 0.717) is 0 Å². The van der Waals surface area contributed by atoms with Crippen molar-refractivity contribution in [1.29, 1.82) is 0 Å². The molecule has 0 aromatic carbocycles. The summed E-state index contributed by atoms with van der Waals surface area (Å²) in [6.07, 6.45) is 2.00. The minimum absolute atomic E-state index is 0.233. The predicted molar refractivity (Wildman–Crippen MR) is 70.9 cm³/mol. The molecule has 0 aliphatic heterocycles. The third kappa shape index (κ3) is 3.72. The Balaban J connectivity index is 2.69. The molecule has 0 radical (unpaired) electrons. The van der Waals surface area contributed by atoms with Gasteiger partial charge in [-0.3, -0.25) is 11.3 Å². The largest absolute Gasteiger partial charge is 0.271 e. The normalized spacial score (nSPS) is 12.8. The molecule has 0 saturated carbocycles. The molecular formula is C11H17BrN2S. The molecule has 15 heavy (non-hydrogen) atoms. The first-order valence-electron chi connectivity index (χ1n) is 4.91. The van der Waals surface area contributed by atoms with Gasteiger partial charge in [-0.15, -0.1) is 17.9 Å². The highest BCUT2D eigenvalue weighted by Crippen LogP contribution is 2.33. The molecular weight excluding hydrogens is 272 g/mol. The zero-order chi connectivity index (χ0) is 11.4. The lowest BCUT2D eigenvalue weighted by atomic mass is 10.1. The summed E-state index contributed by atoms with van der Waals surface area (Å²) < 4.78 is 1.19. The van der Waals surface area contributed by atoms with Crippen LogP contribution in [0.2, 0.25) is 0 Å². The Hall–Kier alpha value is -0.160. The third-order valence-electron chi connectivity index (χ3n) is 2.28. The molecule has 0 saturated heterocycles. The van der Waals surface area contributed by atoms with Crippen molar-refractivity contribution < 1.29 is 0 Å². The van der Waals surface area contributed by atoms with Gasteiger partial charge in [0.2, 0.25) is 0 Å². The van der Waals surface area contributed by atoms with E-state index in [4.69, 9.17) is 5.84 Å². The number of nitrogens with two attached hydrogens (primary N) is 1. The zero-order valence-electron chi connectivity index (χ0n) is 9.14. The summed E-state index contributed by atoms with van der Waals surface area (Å²) in [5.41, 5.74) is 5.33. The molecule has 0 spiro atoms. The van der Waals surface area contributed by atoms with Crippen molar-refractivity contribution in [3.8, 4) is 0 Å². The standard InChI is InChI=1S/C11H17BrN2S/c1-7(2)4-5-9(14-13)10-6-8(3)11(12)15-10/h6,9,14H,1,4-5,13H2,2-3H3. The maximum Gasteiger partial charge on any atom is 0.0731 e. The second-order valence-corrected chi connectivity index (χ2v) is 6.22. The fourth-order valence-corrected chi connectivity index (χ4v) is 3.02. The lowest BCUT2D eigenvalue weighted by Crippen LogP contribution is -2.27. The van der Waals surface area contributed by atoms with Gasteiger partial charge in [-0.05, 0) is 54.2 Å². The van der Waals surface area contributed by atoms with E-state index in [2.05, 4.69) is 40.9 Å². The highest BCUT2D eigenvalue weighted by molar-refractivity contribution is 9.11. The van der Waals surface area contributed by atoms with Gasteiger partial charge in [-0.25, -0.2) is 0 Å². The van der Waals surface area contributed by atoms with Gasteiger partial charge in [0.25, 0.3) is 0 Å². The molecule has 3 N–H and O–H groups in total. The molecule has 4 heteroatoms. The highest BCUT2D eigenvalue weighted by atomic mass is 79.9. The van der Waals surface area contributed by atoms with Crippen LogP contribution in [0.5, 0.6) is 0 Å². The van der Waals surface area contributed by atoms with Crippen molar-refractivity contribution in [2.75, 3.05) is 0 Å². The SMILES string of the molecule is C=C(C)CCC(NN)c1cc(C)c(Br)s1. The Labute approximate surface area is 104 Å². The summed E-state index contributed by atoms with van der Waals surface area (Å²) in [5, 5.41) is 0. The van der Waals surface area contributed by atoms with Crippen molar-refractivity contribution in [2.24, 2.45) is 5.84 Å². The minimum Gasteiger partial charge on any atom is -0.271 e. The van der Waals surface area contributed by atoms with Crippen molar-refractivity contribution in [1.82, 2.24) is 5.43 Å². The number of halogens is 1. The number of thiophene rings is 1. The molecule has 1 heterocycles. The first-order chi connectivity index (χ1) is 7.04. The number of nitrogens with one attached hydrogen (secondary N) is 1. The van der Waals surface area contributed by atoms with E-state index in [9.17, 15) is 0 Å². The van der Waals surface area contributed by atoms with E-state index in [1.54, 1.807) is 11.3 Å². The summed E-state index contributed by atoms with van der Waals surface area (Å²) in [5.74, 6) is 5.56. The number of hydrazine groups is 1. The second kappa shape index (κ2) is 5.80. The first kappa shape index (κ1) is 12.9. The van der Waals surface area contributed by atoms with Crippen LogP contribution in [0.25, 0.3) is 0 Å². The minimum atomic E-state index is 0.233. The predicted octanol–water partition coefficient (Wildman–Crippen LogP) is 3.68. The molecule has 1 aromatic heterocycles. The number of hydrogen-bond acceptors (Lipinski definition) is 3. The molecule has 0 fully saturated rings. The van der Waals surface area contributed by atoms with Crippen molar-refractivity contribution in [3.05, 3.63) is 32.4 Å². The summed E-state index contributed by atoms with van der Waals surface area (Å²) in [6.45, 7) is 8.04. The van der Waals surface area contributed by atoms with Gasteiger partial charge in [-0.1, -0.05) is 5.57 Å². The van der Waals surface area contributed by atoms with Crippen molar-refractivity contribution in [3.63, 3.8) is 0 Å². The summed E-state index contributed by atoms with van der Waals surface area (Å²) in [4.78, 5) is 1.28. The van der Waals surface area contributed by atoms with Crippen LogP contribution in [0.3, 0.4) is 0 Å². The van der Waals surface area contributed by atoms with Gasteiger partial charge in [0.1, 0.15) is 0 Å². The maximum atomic E-state index is 5.56. The van der Waals surface area contributed by atoms with Crippen LogP contribution in [-0.4, -0.2) is 0 Å². The van der Waals surface area contributed by atoms with Gasteiger partial charge in [-0.2, -0.15) is 0 Å². The van der Waals surface area contributed by atoms with Crippen molar-refractivity contribution in [2.45, 2.75) is 32.7 Å². The molecule has 0 amide bonds. The maximum absolute atomic E-state index is 5.56. The van der Waals surface area contributed by atoms with E-state index in [-0.39, 0.29) is 6.04 Å². The Morgan fingerprint density at radius 2 is 2.40 bits per heavy atom. The fraction of sp³-hybridized carbons (Fsp3) is 0.455. The average molecular weight is 289 g/mol. The summed E-state index contributed by atoms with van der Waals surface area (Å²) in [6, 6.07) is 2.41. The van der Waals surface area contributed by atoms with E-state index in [1.165, 1.54) is 19.8 Å². The average Bonchev–Trinajstić information content (AvgIpc) is 2.47. The van der Waals surface area contributed by atoms with Crippen LogP contribution < -0.4 is 11.3 Å². The molecule has 1 rings (SSSR count). The molecule has 1 atom stereocenters. The van der Waals surface area contributed by atoms with Crippen LogP contribution >= 0.6 is 27.3 Å². The Morgan fingerprint density at radius 3 is 2.80 bits per heavy atom. The van der Waals surface area contributed by atoms with Crippen LogP contribution in [0.15, 0.2) is 22.0 Å². The van der Waals surface area contributed by atoms with Crippen LogP contribution in [0.1, 0.15) is 36.2 Å². The van der Waals surface area contributed by atoms with Crippen LogP contribution in [-0.2, 0) is 0 Å². The Bertz CT molecular complexity index is 327. The zero-order valence-corrected chi connectivity index (χ0v) is 11.5. The number of aryl methyl sites for hydroxylation is 1. The van der Waals surface area contributed by atoms with Crippen molar-refractivity contribution >= 4 is 27.3 Å². The molecule has 0 aliphatic carbocycles. The summed E-state index contributed by atoms with van der Waals surface area (Å²) >= 11 is 5.27. The Kier molecular flexibility index (Phi) is 4.99. The highest BCUT2D eigenvalue weighted by Gasteiger charge is 2.13. The lowest BCUT2D eigenvalue weighted by molar-refractivity contribution is 0.523. The molecule has 2 nitrogen and oxygen atoms in total. The quantitative estimate of drug-likeness (QED) is 0.493. The summed E-state index contributed by atoms with van der Waals surface area (Å²) in [7, 11) is 0. The van der Waals surface area contributed by atoms with E-state index < -0.39 is 0 Å². The molecule has 84 valence electrons. The van der Waals surface area contributed by atoms with Crippen LogP contribution in [0.4, 0.5) is 0 Å². The number of rotatable bonds is 5. The topological polar surface area (TPSA) is 38.0 Å². The van der Waals surface area contributed by atoms with Gasteiger partial charge < -0.3 is 0 Å². The monoisotopic (exact) mass is 288 g/mol. The Morgan fingerprint density at radius 1 is 1.73 bits per heavy atom. The second-order valence-electron chi connectivity index (χ2n) is 3.82. The van der Waals surface area contributed by atoms with E-state index in [1.807, 2.05) is 6.92 Å². The molecule has 1 unspecified atom stereocenters.